The van der Waals surface area contributed by atoms with Crippen molar-refractivity contribution in [3.05, 3.63) is 0 Å². The summed E-state index contributed by atoms with van der Waals surface area (Å²) in [6.07, 6.45) is 1.36. The number of likely N-dealkylation sites (N-methyl/N-ethyl adjacent to an activating group) is 1. The van der Waals surface area contributed by atoms with E-state index >= 15 is 0 Å². The molecule has 1 heterocycles. The molecule has 2 atom stereocenters. The predicted octanol–water partition coefficient (Wildman–Crippen LogP) is 0.844. The Morgan fingerprint density at radius 2 is 2.22 bits per heavy atom. The van der Waals surface area contributed by atoms with Crippen molar-refractivity contribution < 1.29 is 14.3 Å². The van der Waals surface area contributed by atoms with E-state index in [4.69, 9.17) is 9.47 Å². The third-order valence-corrected chi connectivity index (χ3v) is 3.33. The molecular formula is C13H26N2O3. The van der Waals surface area contributed by atoms with E-state index in [1.807, 2.05) is 21.0 Å². The minimum atomic E-state index is -0.799. The van der Waals surface area contributed by atoms with Crippen LogP contribution in [0.1, 0.15) is 26.7 Å². The Kier molecular flexibility index (Phi) is 6.05. The molecule has 1 aliphatic heterocycles. The summed E-state index contributed by atoms with van der Waals surface area (Å²) in [6, 6.07) is 0. The third-order valence-electron chi connectivity index (χ3n) is 3.33. The molecule has 0 saturated carbocycles. The van der Waals surface area contributed by atoms with Gasteiger partial charge in [0.1, 0.15) is 0 Å². The molecular weight excluding hydrogens is 232 g/mol. The highest BCUT2D eigenvalue weighted by atomic mass is 16.7. The Balaban J connectivity index is 2.57. The Morgan fingerprint density at radius 1 is 1.50 bits per heavy atom. The Hall–Kier alpha value is -0.650. The maximum Gasteiger partial charge on any atom is 0.308 e. The zero-order valence-electron chi connectivity index (χ0n) is 12.0. The van der Waals surface area contributed by atoms with E-state index in [2.05, 4.69) is 10.2 Å². The summed E-state index contributed by atoms with van der Waals surface area (Å²) >= 11 is 0. The van der Waals surface area contributed by atoms with Crippen LogP contribution in [0.2, 0.25) is 0 Å². The molecule has 0 aromatic rings. The van der Waals surface area contributed by atoms with Gasteiger partial charge in [0.2, 0.25) is 5.79 Å². The molecule has 0 radical (unpaired) electrons. The van der Waals surface area contributed by atoms with Crippen LogP contribution in [0.25, 0.3) is 0 Å². The monoisotopic (exact) mass is 258 g/mol. The van der Waals surface area contributed by atoms with Crippen LogP contribution in [0.3, 0.4) is 0 Å². The number of esters is 1. The van der Waals surface area contributed by atoms with Crippen molar-refractivity contribution in [2.75, 3.05) is 40.3 Å². The fourth-order valence-corrected chi connectivity index (χ4v) is 2.06. The van der Waals surface area contributed by atoms with E-state index in [-0.39, 0.29) is 11.9 Å². The van der Waals surface area contributed by atoms with Crippen molar-refractivity contribution in [3.8, 4) is 0 Å². The average Bonchev–Trinajstić information content (AvgIpc) is 2.82. The first-order chi connectivity index (χ1) is 8.48. The number of ether oxygens (including phenoxy) is 2. The Labute approximate surface area is 110 Å². The van der Waals surface area contributed by atoms with Crippen molar-refractivity contribution in [2.24, 2.45) is 5.92 Å². The molecule has 0 bridgehead atoms. The van der Waals surface area contributed by atoms with Gasteiger partial charge in [-0.15, -0.1) is 0 Å². The molecule has 0 aromatic carbocycles. The lowest BCUT2D eigenvalue weighted by Gasteiger charge is -2.34. The van der Waals surface area contributed by atoms with Crippen molar-refractivity contribution in [1.29, 1.82) is 0 Å². The van der Waals surface area contributed by atoms with E-state index in [0.717, 1.165) is 26.1 Å². The highest BCUT2D eigenvalue weighted by Crippen LogP contribution is 2.29. The van der Waals surface area contributed by atoms with Gasteiger partial charge >= 0.3 is 5.97 Å². The molecule has 0 aliphatic carbocycles. The lowest BCUT2D eigenvalue weighted by molar-refractivity contribution is -0.244. The molecule has 1 aliphatic rings. The van der Waals surface area contributed by atoms with Gasteiger partial charge in [0.25, 0.3) is 0 Å². The lowest BCUT2D eigenvalue weighted by atomic mass is 9.99. The van der Waals surface area contributed by atoms with E-state index in [1.54, 1.807) is 6.92 Å². The molecule has 18 heavy (non-hydrogen) atoms. The molecule has 5 nitrogen and oxygen atoms in total. The predicted molar refractivity (Wildman–Crippen MR) is 70.3 cm³/mol. The van der Waals surface area contributed by atoms with Gasteiger partial charge in [-0.1, -0.05) is 6.92 Å². The number of rotatable bonds is 7. The van der Waals surface area contributed by atoms with Gasteiger partial charge in [-0.05, 0) is 27.1 Å². The highest BCUT2D eigenvalue weighted by Gasteiger charge is 2.40. The van der Waals surface area contributed by atoms with Gasteiger partial charge in [0.15, 0.2) is 0 Å². The largest absolute Gasteiger partial charge is 0.433 e. The third kappa shape index (κ3) is 4.55. The van der Waals surface area contributed by atoms with Crippen molar-refractivity contribution in [2.45, 2.75) is 32.5 Å². The van der Waals surface area contributed by atoms with E-state index < -0.39 is 5.79 Å². The van der Waals surface area contributed by atoms with Crippen LogP contribution in [-0.2, 0) is 14.3 Å². The number of nitrogens with one attached hydrogen (secondary N) is 1. The van der Waals surface area contributed by atoms with E-state index in [1.165, 1.54) is 0 Å². The Morgan fingerprint density at radius 3 is 2.72 bits per heavy atom. The smallest absolute Gasteiger partial charge is 0.308 e. The van der Waals surface area contributed by atoms with Crippen molar-refractivity contribution >= 4 is 5.97 Å². The van der Waals surface area contributed by atoms with Gasteiger partial charge in [-0.2, -0.15) is 0 Å². The summed E-state index contributed by atoms with van der Waals surface area (Å²) < 4.78 is 11.4. The summed E-state index contributed by atoms with van der Waals surface area (Å²) in [4.78, 5) is 13.6. The fraction of sp³-hybridized carbons (Fsp3) is 0.923. The number of hydrogen-bond donors (Lipinski definition) is 1. The van der Waals surface area contributed by atoms with Crippen LogP contribution < -0.4 is 5.32 Å². The summed E-state index contributed by atoms with van der Waals surface area (Å²) in [5, 5.41) is 3.29. The maximum absolute atomic E-state index is 11.5. The fourth-order valence-electron chi connectivity index (χ4n) is 2.06. The van der Waals surface area contributed by atoms with Crippen molar-refractivity contribution in [1.82, 2.24) is 10.2 Å². The molecule has 1 saturated heterocycles. The van der Waals surface area contributed by atoms with Crippen LogP contribution in [-0.4, -0.2) is 57.0 Å². The van der Waals surface area contributed by atoms with Crippen LogP contribution in [0, 0.1) is 5.92 Å². The van der Waals surface area contributed by atoms with Gasteiger partial charge < -0.3 is 19.7 Å². The van der Waals surface area contributed by atoms with Crippen LogP contribution >= 0.6 is 0 Å². The summed E-state index contributed by atoms with van der Waals surface area (Å²) in [5.74, 6) is -0.767. The number of nitrogens with zero attached hydrogens (tertiary/aromatic N) is 1. The molecule has 1 N–H and O–H groups in total. The summed E-state index contributed by atoms with van der Waals surface area (Å²) in [6.45, 7) is 6.87. The Bertz CT molecular complexity index is 265. The van der Waals surface area contributed by atoms with Crippen LogP contribution in [0.4, 0.5) is 0 Å². The molecule has 2 unspecified atom stereocenters. The normalized spacial score (nSPS) is 23.1. The van der Waals surface area contributed by atoms with Crippen LogP contribution in [0.15, 0.2) is 0 Å². The van der Waals surface area contributed by atoms with Crippen LogP contribution in [0.5, 0.6) is 0 Å². The second kappa shape index (κ2) is 7.07. The van der Waals surface area contributed by atoms with Gasteiger partial charge in [-0.25, -0.2) is 0 Å². The SMILES string of the molecule is CCC(=O)OC(C)(OCCN(C)C)C1CCNC1. The molecule has 0 spiro atoms. The maximum atomic E-state index is 11.5. The number of carbonyl (C=O) groups excluding carboxylic acids is 1. The average molecular weight is 258 g/mol. The minimum Gasteiger partial charge on any atom is -0.433 e. The van der Waals surface area contributed by atoms with Gasteiger partial charge in [0, 0.05) is 32.4 Å². The first-order valence-electron chi connectivity index (χ1n) is 6.69. The topological polar surface area (TPSA) is 50.8 Å². The van der Waals surface area contributed by atoms with Crippen molar-refractivity contribution in [3.63, 3.8) is 0 Å². The molecule has 0 amide bonds. The molecule has 1 fully saturated rings. The van der Waals surface area contributed by atoms with Gasteiger partial charge in [-0.3, -0.25) is 4.79 Å². The second-order valence-corrected chi connectivity index (χ2v) is 5.19. The molecule has 0 aromatic heterocycles. The number of carbonyl (C=O) groups is 1. The molecule has 106 valence electrons. The summed E-state index contributed by atoms with van der Waals surface area (Å²) in [7, 11) is 3.99. The zero-order chi connectivity index (χ0) is 13.6. The minimum absolute atomic E-state index is 0.200. The first kappa shape index (κ1) is 15.4. The number of hydrogen-bond acceptors (Lipinski definition) is 5. The summed E-state index contributed by atoms with van der Waals surface area (Å²) in [5.41, 5.74) is 0. The molecule has 5 heteroatoms. The highest BCUT2D eigenvalue weighted by molar-refractivity contribution is 5.69. The lowest BCUT2D eigenvalue weighted by Crippen LogP contribution is -2.44. The standard InChI is InChI=1S/C13H26N2O3/c1-5-12(16)18-13(2,11-6-7-14-10-11)17-9-8-15(3)4/h11,14H,5-10H2,1-4H3. The quantitative estimate of drug-likeness (QED) is 0.542. The zero-order valence-corrected chi connectivity index (χ0v) is 12.0. The first-order valence-corrected chi connectivity index (χ1v) is 6.69. The van der Waals surface area contributed by atoms with E-state index in [9.17, 15) is 4.79 Å². The van der Waals surface area contributed by atoms with Gasteiger partial charge in [0.05, 0.1) is 6.61 Å². The van der Waals surface area contributed by atoms with E-state index in [0.29, 0.717) is 13.0 Å². The second-order valence-electron chi connectivity index (χ2n) is 5.19. The molecule has 1 rings (SSSR count).